The number of alkyl halides is 3. The van der Waals surface area contributed by atoms with E-state index in [4.69, 9.17) is 5.26 Å². The fourth-order valence-electron chi connectivity index (χ4n) is 1.12. The zero-order valence-corrected chi connectivity index (χ0v) is 9.12. The number of ether oxygens (including phenoxy) is 1. The Hall–Kier alpha value is -2.07. The molecule has 1 aromatic carbocycles. The zero-order chi connectivity index (χ0) is 13.6. The molecule has 18 heavy (non-hydrogen) atoms. The molecule has 0 aliphatic carbocycles. The summed E-state index contributed by atoms with van der Waals surface area (Å²) < 4.78 is 39.4. The Kier molecular flexibility index (Phi) is 4.68. The van der Waals surface area contributed by atoms with Crippen LogP contribution in [0, 0.1) is 11.3 Å². The highest BCUT2D eigenvalue weighted by Crippen LogP contribution is 2.14. The van der Waals surface area contributed by atoms with Crippen molar-refractivity contribution in [1.29, 1.82) is 5.26 Å². The van der Waals surface area contributed by atoms with Gasteiger partial charge in [-0.05, 0) is 18.2 Å². The molecule has 0 saturated carbocycles. The predicted octanol–water partition coefficient (Wildman–Crippen LogP) is 2.08. The largest absolute Gasteiger partial charge is 0.411 e. The first-order valence-corrected chi connectivity index (χ1v) is 4.85. The minimum absolute atomic E-state index is 0.328. The molecular weight excluding hydrogens is 249 g/mol. The number of nitrogens with zero attached hydrogens (tertiary/aromatic N) is 1. The minimum atomic E-state index is -4.46. The molecule has 1 amide bonds. The lowest BCUT2D eigenvalue weighted by Crippen LogP contribution is -2.23. The maximum atomic E-state index is 11.7. The Bertz CT molecular complexity index is 466. The van der Waals surface area contributed by atoms with Crippen LogP contribution in [0.1, 0.15) is 5.56 Å². The highest BCUT2D eigenvalue weighted by molar-refractivity contribution is 5.91. The van der Waals surface area contributed by atoms with E-state index in [9.17, 15) is 18.0 Å². The average molecular weight is 258 g/mol. The average Bonchev–Trinajstić information content (AvgIpc) is 2.27. The predicted molar refractivity (Wildman–Crippen MR) is 56.7 cm³/mol. The number of carbonyl (C=O) groups is 1. The lowest BCUT2D eigenvalue weighted by Gasteiger charge is -2.08. The second-order valence-electron chi connectivity index (χ2n) is 3.35. The molecule has 1 aromatic rings. The SMILES string of the molecule is N#Cc1cccc(NC(=O)COCC(F)(F)F)c1. The Morgan fingerprint density at radius 1 is 1.44 bits per heavy atom. The third kappa shape index (κ3) is 5.32. The molecule has 0 heterocycles. The number of amides is 1. The van der Waals surface area contributed by atoms with Gasteiger partial charge in [0, 0.05) is 5.69 Å². The van der Waals surface area contributed by atoms with Crippen LogP contribution in [0.2, 0.25) is 0 Å². The van der Waals surface area contributed by atoms with Gasteiger partial charge in [0.05, 0.1) is 11.6 Å². The van der Waals surface area contributed by atoms with Crippen LogP contribution in [-0.4, -0.2) is 25.3 Å². The van der Waals surface area contributed by atoms with Crippen molar-refractivity contribution in [1.82, 2.24) is 0 Å². The molecule has 96 valence electrons. The van der Waals surface area contributed by atoms with Crippen LogP contribution in [0.5, 0.6) is 0 Å². The van der Waals surface area contributed by atoms with Crippen LogP contribution >= 0.6 is 0 Å². The van der Waals surface area contributed by atoms with Crippen LogP contribution in [0.3, 0.4) is 0 Å². The van der Waals surface area contributed by atoms with Gasteiger partial charge >= 0.3 is 6.18 Å². The zero-order valence-electron chi connectivity index (χ0n) is 9.12. The number of hydrogen-bond donors (Lipinski definition) is 1. The third-order valence-corrected chi connectivity index (χ3v) is 1.77. The number of rotatable bonds is 4. The lowest BCUT2D eigenvalue weighted by atomic mass is 10.2. The van der Waals surface area contributed by atoms with Crippen molar-refractivity contribution < 1.29 is 22.7 Å². The van der Waals surface area contributed by atoms with Gasteiger partial charge in [0.15, 0.2) is 0 Å². The van der Waals surface area contributed by atoms with E-state index in [0.29, 0.717) is 11.3 Å². The molecule has 4 nitrogen and oxygen atoms in total. The standard InChI is InChI=1S/C11H9F3N2O2/c12-11(13,14)7-18-6-10(17)16-9-3-1-2-8(4-9)5-15/h1-4H,6-7H2,(H,16,17). The number of carbonyl (C=O) groups excluding carboxylic acids is 1. The van der Waals surface area contributed by atoms with Crippen molar-refractivity contribution >= 4 is 11.6 Å². The fraction of sp³-hybridized carbons (Fsp3) is 0.273. The molecule has 0 radical (unpaired) electrons. The molecule has 0 spiro atoms. The van der Waals surface area contributed by atoms with Crippen LogP contribution in [0.15, 0.2) is 24.3 Å². The summed E-state index contributed by atoms with van der Waals surface area (Å²) in [6, 6.07) is 7.88. The van der Waals surface area contributed by atoms with Gasteiger partial charge in [0.2, 0.25) is 5.91 Å². The summed E-state index contributed by atoms with van der Waals surface area (Å²) in [5.74, 6) is -0.714. The van der Waals surface area contributed by atoms with E-state index in [0.717, 1.165) is 0 Å². The Labute approximate surface area is 101 Å². The maximum Gasteiger partial charge on any atom is 0.411 e. The summed E-state index contributed by atoms with van der Waals surface area (Å²) in [6.07, 6.45) is -4.46. The van der Waals surface area contributed by atoms with E-state index >= 15 is 0 Å². The fourth-order valence-corrected chi connectivity index (χ4v) is 1.12. The normalized spacial score (nSPS) is 10.8. The number of benzene rings is 1. The Morgan fingerprint density at radius 2 is 2.17 bits per heavy atom. The number of anilines is 1. The number of nitrogens with one attached hydrogen (secondary N) is 1. The van der Waals surface area contributed by atoms with E-state index in [-0.39, 0.29) is 0 Å². The smallest absolute Gasteiger partial charge is 0.362 e. The van der Waals surface area contributed by atoms with Crippen molar-refractivity contribution in [2.75, 3.05) is 18.5 Å². The van der Waals surface area contributed by atoms with Crippen LogP contribution in [0.25, 0.3) is 0 Å². The summed E-state index contributed by atoms with van der Waals surface area (Å²) in [5, 5.41) is 10.9. The number of halogens is 3. The molecule has 0 bridgehead atoms. The first-order valence-electron chi connectivity index (χ1n) is 4.85. The van der Waals surface area contributed by atoms with Gasteiger partial charge in [0.25, 0.3) is 0 Å². The number of hydrogen-bond acceptors (Lipinski definition) is 3. The van der Waals surface area contributed by atoms with Crippen molar-refractivity contribution in [3.63, 3.8) is 0 Å². The van der Waals surface area contributed by atoms with Crippen LogP contribution in [0.4, 0.5) is 18.9 Å². The maximum absolute atomic E-state index is 11.7. The van der Waals surface area contributed by atoms with Crippen molar-refractivity contribution in [2.45, 2.75) is 6.18 Å². The molecule has 0 unspecified atom stereocenters. The minimum Gasteiger partial charge on any atom is -0.362 e. The molecule has 0 saturated heterocycles. The molecular formula is C11H9F3N2O2. The van der Waals surface area contributed by atoms with E-state index in [1.807, 2.05) is 6.07 Å². The molecule has 1 rings (SSSR count). The summed E-state index contributed by atoms with van der Waals surface area (Å²) in [7, 11) is 0. The summed E-state index contributed by atoms with van der Waals surface area (Å²) >= 11 is 0. The first kappa shape index (κ1) is 14.0. The van der Waals surface area contributed by atoms with E-state index in [1.54, 1.807) is 6.07 Å². The highest BCUT2D eigenvalue weighted by atomic mass is 19.4. The molecule has 0 aromatic heterocycles. The Morgan fingerprint density at radius 3 is 2.78 bits per heavy atom. The molecule has 1 N–H and O–H groups in total. The van der Waals surface area contributed by atoms with Crippen LogP contribution < -0.4 is 5.32 Å². The highest BCUT2D eigenvalue weighted by Gasteiger charge is 2.27. The van der Waals surface area contributed by atoms with E-state index in [2.05, 4.69) is 10.1 Å². The third-order valence-electron chi connectivity index (χ3n) is 1.77. The second-order valence-corrected chi connectivity index (χ2v) is 3.35. The monoisotopic (exact) mass is 258 g/mol. The topological polar surface area (TPSA) is 62.1 Å². The summed E-state index contributed by atoms with van der Waals surface area (Å²) in [6.45, 7) is -2.17. The second kappa shape index (κ2) is 6.02. The number of nitriles is 1. The quantitative estimate of drug-likeness (QED) is 0.899. The Balaban J connectivity index is 2.43. The molecule has 7 heteroatoms. The van der Waals surface area contributed by atoms with Crippen molar-refractivity contribution in [2.24, 2.45) is 0 Å². The molecule has 0 atom stereocenters. The molecule has 0 aliphatic rings. The van der Waals surface area contributed by atoms with Gasteiger partial charge in [-0.1, -0.05) is 6.07 Å². The van der Waals surface area contributed by atoms with Gasteiger partial charge < -0.3 is 10.1 Å². The van der Waals surface area contributed by atoms with Gasteiger partial charge in [-0.25, -0.2) is 0 Å². The molecule has 0 aliphatic heterocycles. The summed E-state index contributed by atoms with van der Waals surface area (Å²) in [4.78, 5) is 11.2. The molecule has 0 fully saturated rings. The van der Waals surface area contributed by atoms with Gasteiger partial charge in [-0.2, -0.15) is 18.4 Å². The van der Waals surface area contributed by atoms with Crippen molar-refractivity contribution in [3.8, 4) is 6.07 Å². The van der Waals surface area contributed by atoms with Crippen molar-refractivity contribution in [3.05, 3.63) is 29.8 Å². The van der Waals surface area contributed by atoms with E-state index < -0.39 is 25.3 Å². The van der Waals surface area contributed by atoms with Gasteiger partial charge in [-0.3, -0.25) is 4.79 Å². The van der Waals surface area contributed by atoms with E-state index in [1.165, 1.54) is 18.2 Å². The van der Waals surface area contributed by atoms with Crippen LogP contribution in [-0.2, 0) is 9.53 Å². The van der Waals surface area contributed by atoms with Gasteiger partial charge in [-0.15, -0.1) is 0 Å². The van der Waals surface area contributed by atoms with Gasteiger partial charge in [0.1, 0.15) is 13.2 Å². The summed E-state index contributed by atoms with van der Waals surface area (Å²) in [5.41, 5.74) is 0.665. The lowest BCUT2D eigenvalue weighted by molar-refractivity contribution is -0.174. The first-order chi connectivity index (χ1) is 8.40.